The van der Waals surface area contributed by atoms with E-state index in [-0.39, 0.29) is 18.2 Å². The molecule has 2 unspecified atom stereocenters. The Labute approximate surface area is 137 Å². The highest BCUT2D eigenvalue weighted by atomic mass is 16.5. The van der Waals surface area contributed by atoms with Gasteiger partial charge in [0.2, 0.25) is 5.91 Å². The molecule has 0 bridgehead atoms. The summed E-state index contributed by atoms with van der Waals surface area (Å²) in [6.45, 7) is 5.59. The number of morpholine rings is 1. The van der Waals surface area contributed by atoms with Gasteiger partial charge in [-0.1, -0.05) is 13.3 Å². The van der Waals surface area contributed by atoms with Crippen molar-refractivity contribution in [2.45, 2.75) is 38.5 Å². The average molecular weight is 318 g/mol. The van der Waals surface area contributed by atoms with Crippen molar-refractivity contribution in [2.75, 3.05) is 36.5 Å². The van der Waals surface area contributed by atoms with Crippen LogP contribution in [-0.2, 0) is 9.53 Å². The zero-order valence-electron chi connectivity index (χ0n) is 13.7. The Bertz CT molecular complexity index is 514. The normalized spacial score (nSPS) is 25.1. The minimum atomic E-state index is -0.206. The maximum Gasteiger partial charge on any atom is 0.224 e. The minimum Gasteiger partial charge on any atom is -0.378 e. The van der Waals surface area contributed by atoms with E-state index in [0.717, 1.165) is 44.8 Å². The summed E-state index contributed by atoms with van der Waals surface area (Å²) < 4.78 is 5.38. The summed E-state index contributed by atoms with van der Waals surface area (Å²) in [6, 6.07) is 8.59. The molecule has 23 heavy (non-hydrogen) atoms. The largest absolute Gasteiger partial charge is 0.378 e. The summed E-state index contributed by atoms with van der Waals surface area (Å²) in [7, 11) is 0. The van der Waals surface area contributed by atoms with Crippen LogP contribution >= 0.6 is 0 Å². The number of nitrogens with one attached hydrogen (secondary N) is 3. The van der Waals surface area contributed by atoms with Crippen LogP contribution in [0.2, 0.25) is 0 Å². The molecule has 126 valence electrons. The molecule has 2 heterocycles. The lowest BCUT2D eigenvalue weighted by Gasteiger charge is -2.33. The van der Waals surface area contributed by atoms with E-state index in [2.05, 4.69) is 52.0 Å². The molecule has 2 atom stereocenters. The fourth-order valence-corrected chi connectivity index (χ4v) is 3.15. The molecule has 3 N–H and O–H groups in total. The highest BCUT2D eigenvalue weighted by Gasteiger charge is 2.24. The molecule has 1 aromatic rings. The summed E-state index contributed by atoms with van der Waals surface area (Å²) in [6.07, 6.45) is 2.44. The van der Waals surface area contributed by atoms with Gasteiger partial charge in [0.15, 0.2) is 6.29 Å². The summed E-state index contributed by atoms with van der Waals surface area (Å²) in [5.74, 6) is 0.102. The van der Waals surface area contributed by atoms with Gasteiger partial charge < -0.3 is 20.3 Å². The summed E-state index contributed by atoms with van der Waals surface area (Å²) in [5.41, 5.74) is 2.21. The van der Waals surface area contributed by atoms with Crippen LogP contribution in [0.3, 0.4) is 0 Å². The lowest BCUT2D eigenvalue weighted by atomic mass is 10.1. The predicted molar refractivity (Wildman–Crippen MR) is 91.5 cm³/mol. The molecule has 0 spiro atoms. The maximum absolute atomic E-state index is 11.8. The number of nitrogens with zero attached hydrogens (tertiary/aromatic N) is 1. The maximum atomic E-state index is 11.8. The predicted octanol–water partition coefficient (Wildman–Crippen LogP) is 1.50. The fourth-order valence-electron chi connectivity index (χ4n) is 3.15. The summed E-state index contributed by atoms with van der Waals surface area (Å²) in [4.78, 5) is 14.1. The van der Waals surface area contributed by atoms with Gasteiger partial charge in [0.05, 0.1) is 13.2 Å². The van der Waals surface area contributed by atoms with E-state index in [4.69, 9.17) is 4.74 Å². The first kappa shape index (κ1) is 16.1. The Hall–Kier alpha value is -1.79. The molecule has 0 aliphatic carbocycles. The third-order valence-corrected chi connectivity index (χ3v) is 4.33. The average Bonchev–Trinajstić information content (AvgIpc) is 2.56. The zero-order valence-corrected chi connectivity index (χ0v) is 13.7. The molecular weight excluding hydrogens is 292 g/mol. The molecule has 2 aliphatic heterocycles. The van der Waals surface area contributed by atoms with Crippen molar-refractivity contribution >= 4 is 17.3 Å². The monoisotopic (exact) mass is 318 g/mol. The van der Waals surface area contributed by atoms with Crippen molar-refractivity contribution in [3.63, 3.8) is 0 Å². The van der Waals surface area contributed by atoms with Crippen molar-refractivity contribution in [2.24, 2.45) is 0 Å². The van der Waals surface area contributed by atoms with Crippen molar-refractivity contribution in [1.29, 1.82) is 0 Å². The number of hydrogen-bond donors (Lipinski definition) is 3. The van der Waals surface area contributed by atoms with Gasteiger partial charge in [-0.05, 0) is 30.7 Å². The number of ether oxygens (including phenoxy) is 1. The SMILES string of the molecule is CCCC1CC(=O)NC(Nc2ccc(N3CCOCC3)cc2)N1. The molecule has 0 aromatic heterocycles. The Morgan fingerprint density at radius 3 is 2.70 bits per heavy atom. The smallest absolute Gasteiger partial charge is 0.224 e. The highest BCUT2D eigenvalue weighted by Crippen LogP contribution is 2.19. The molecule has 2 aliphatic rings. The molecule has 2 saturated heterocycles. The van der Waals surface area contributed by atoms with Crippen molar-refractivity contribution in [3.05, 3.63) is 24.3 Å². The minimum absolute atomic E-state index is 0.102. The molecule has 0 saturated carbocycles. The first-order valence-corrected chi connectivity index (χ1v) is 8.49. The van der Waals surface area contributed by atoms with Crippen LogP contribution in [0.1, 0.15) is 26.2 Å². The first-order chi connectivity index (χ1) is 11.2. The van der Waals surface area contributed by atoms with Crippen LogP contribution in [-0.4, -0.2) is 44.5 Å². The van der Waals surface area contributed by atoms with Crippen molar-refractivity contribution in [3.8, 4) is 0 Å². The van der Waals surface area contributed by atoms with Crippen LogP contribution in [0, 0.1) is 0 Å². The Morgan fingerprint density at radius 2 is 2.00 bits per heavy atom. The molecule has 1 aromatic carbocycles. The number of carbonyl (C=O) groups is 1. The Kier molecular flexibility index (Phi) is 5.35. The fraction of sp³-hybridized carbons (Fsp3) is 0.588. The van der Waals surface area contributed by atoms with Crippen LogP contribution in [0.4, 0.5) is 11.4 Å². The third kappa shape index (κ3) is 4.36. The molecule has 6 heteroatoms. The van der Waals surface area contributed by atoms with E-state index in [9.17, 15) is 4.79 Å². The first-order valence-electron chi connectivity index (χ1n) is 8.49. The lowest BCUT2D eigenvalue weighted by Crippen LogP contribution is -2.59. The summed E-state index contributed by atoms with van der Waals surface area (Å²) >= 11 is 0. The molecular formula is C17H26N4O2. The highest BCUT2D eigenvalue weighted by molar-refractivity contribution is 5.78. The van der Waals surface area contributed by atoms with E-state index in [1.54, 1.807) is 0 Å². The number of anilines is 2. The number of carbonyl (C=O) groups excluding carboxylic acids is 1. The van der Waals surface area contributed by atoms with Gasteiger partial charge >= 0.3 is 0 Å². The number of benzene rings is 1. The van der Waals surface area contributed by atoms with E-state index in [1.165, 1.54) is 5.69 Å². The zero-order chi connectivity index (χ0) is 16.1. The van der Waals surface area contributed by atoms with E-state index in [1.807, 2.05) is 0 Å². The van der Waals surface area contributed by atoms with Gasteiger partial charge in [0.25, 0.3) is 0 Å². The molecule has 6 nitrogen and oxygen atoms in total. The van der Waals surface area contributed by atoms with Gasteiger partial charge in [-0.3, -0.25) is 10.1 Å². The van der Waals surface area contributed by atoms with E-state index in [0.29, 0.717) is 6.42 Å². The number of hydrogen-bond acceptors (Lipinski definition) is 5. The molecule has 2 fully saturated rings. The van der Waals surface area contributed by atoms with Crippen LogP contribution in [0.15, 0.2) is 24.3 Å². The third-order valence-electron chi connectivity index (χ3n) is 4.33. The van der Waals surface area contributed by atoms with Crippen LogP contribution in [0.5, 0.6) is 0 Å². The second-order valence-electron chi connectivity index (χ2n) is 6.15. The van der Waals surface area contributed by atoms with Gasteiger partial charge in [-0.25, -0.2) is 0 Å². The van der Waals surface area contributed by atoms with Gasteiger partial charge in [-0.15, -0.1) is 0 Å². The van der Waals surface area contributed by atoms with Crippen LogP contribution < -0.4 is 20.9 Å². The van der Waals surface area contributed by atoms with Gasteiger partial charge in [0.1, 0.15) is 0 Å². The Morgan fingerprint density at radius 1 is 1.26 bits per heavy atom. The van der Waals surface area contributed by atoms with Gasteiger partial charge in [-0.2, -0.15) is 0 Å². The molecule has 3 rings (SSSR count). The quantitative estimate of drug-likeness (QED) is 0.768. The summed E-state index contributed by atoms with van der Waals surface area (Å²) in [5, 5.41) is 9.73. The molecule has 1 amide bonds. The topological polar surface area (TPSA) is 65.6 Å². The number of rotatable bonds is 5. The number of amides is 1. The molecule has 0 radical (unpaired) electrons. The van der Waals surface area contributed by atoms with Crippen molar-refractivity contribution < 1.29 is 9.53 Å². The van der Waals surface area contributed by atoms with Crippen molar-refractivity contribution in [1.82, 2.24) is 10.6 Å². The van der Waals surface area contributed by atoms with E-state index < -0.39 is 0 Å². The standard InChI is InChI=1S/C17H26N4O2/c1-2-3-14-12-16(22)20-17(19-14)18-13-4-6-15(7-5-13)21-8-10-23-11-9-21/h4-7,14,17-19H,2-3,8-12H2,1H3,(H,20,22). The second kappa shape index (κ2) is 7.66. The lowest BCUT2D eigenvalue weighted by molar-refractivity contribution is -0.124. The Balaban J connectivity index is 1.58. The van der Waals surface area contributed by atoms with E-state index >= 15 is 0 Å². The second-order valence-corrected chi connectivity index (χ2v) is 6.15. The van der Waals surface area contributed by atoms with Crippen LogP contribution in [0.25, 0.3) is 0 Å². The van der Waals surface area contributed by atoms with Gasteiger partial charge in [0, 0.05) is 36.9 Å².